The fraction of sp³-hybridized carbons (Fsp3) is 0.750. The number of aryl methyl sites for hydroxylation is 2. The highest BCUT2D eigenvalue weighted by Gasteiger charge is 2.36. The molecule has 0 aromatic carbocycles. The molecule has 0 spiro atoms. The van der Waals surface area contributed by atoms with E-state index in [4.69, 9.17) is 27.7 Å². The Morgan fingerprint density at radius 3 is 1.97 bits per heavy atom. The lowest BCUT2D eigenvalue weighted by atomic mass is 10.0. The van der Waals surface area contributed by atoms with Gasteiger partial charge in [-0.2, -0.15) is 0 Å². The molecule has 1 aromatic heterocycles. The van der Waals surface area contributed by atoms with E-state index in [0.29, 0.717) is 23.9 Å². The summed E-state index contributed by atoms with van der Waals surface area (Å²) >= 11 is 0. The summed E-state index contributed by atoms with van der Waals surface area (Å²) in [6, 6.07) is 0. The van der Waals surface area contributed by atoms with Crippen LogP contribution in [0.25, 0.3) is 0 Å². The Labute approximate surface area is 363 Å². The van der Waals surface area contributed by atoms with Crippen molar-refractivity contribution >= 4 is 19.8 Å². The molecule has 4 atom stereocenters. The third-order valence-corrected chi connectivity index (χ3v) is 11.8. The van der Waals surface area contributed by atoms with Crippen LogP contribution in [0, 0.1) is 13.8 Å². The first-order valence-corrected chi connectivity index (χ1v) is 24.7. The maximum absolute atomic E-state index is 12.8. The number of furan rings is 1. The maximum Gasteiger partial charge on any atom is 0.472 e. The maximum atomic E-state index is 12.8. The smallest absolute Gasteiger partial charge is 0.466 e. The third-order valence-electron chi connectivity index (χ3n) is 10.8. The zero-order chi connectivity index (χ0) is 44.1. The van der Waals surface area contributed by atoms with Crippen molar-refractivity contribution in [3.63, 3.8) is 0 Å². The van der Waals surface area contributed by atoms with E-state index in [9.17, 15) is 19.0 Å². The van der Waals surface area contributed by atoms with Gasteiger partial charge in [0.25, 0.3) is 0 Å². The number of epoxide rings is 1. The van der Waals surface area contributed by atoms with Gasteiger partial charge in [-0.15, -0.1) is 0 Å². The van der Waals surface area contributed by atoms with Gasteiger partial charge in [-0.1, -0.05) is 102 Å². The minimum absolute atomic E-state index is 0.00942. The molecule has 1 aliphatic rings. The van der Waals surface area contributed by atoms with E-state index in [0.717, 1.165) is 82.1 Å². The Hall–Kier alpha value is -2.53. The van der Waals surface area contributed by atoms with Gasteiger partial charge in [0.2, 0.25) is 0 Å². The molecular weight excluding hydrogens is 781 g/mol. The van der Waals surface area contributed by atoms with Crippen LogP contribution in [0.15, 0.2) is 40.9 Å². The van der Waals surface area contributed by atoms with Crippen molar-refractivity contribution in [1.82, 2.24) is 0 Å². The molecule has 12 heteroatoms. The summed E-state index contributed by atoms with van der Waals surface area (Å²) in [5.41, 5.74) is 2.59. The predicted molar refractivity (Wildman–Crippen MR) is 241 cm³/mol. The number of likely N-dealkylation sites (N-methyl/N-ethyl adjacent to an activating group) is 1. The fourth-order valence-electron chi connectivity index (χ4n) is 6.75. The monoisotopic (exact) mass is 865 g/mol. The second kappa shape index (κ2) is 31.3. The van der Waals surface area contributed by atoms with E-state index in [1.807, 2.05) is 21.1 Å². The number of ether oxygens (including phenoxy) is 3. The van der Waals surface area contributed by atoms with E-state index in [1.54, 1.807) is 0 Å². The molecule has 344 valence electrons. The molecule has 0 radical (unpaired) electrons. The molecule has 0 bridgehead atoms. The van der Waals surface area contributed by atoms with Gasteiger partial charge in [0, 0.05) is 25.7 Å². The molecule has 0 aliphatic carbocycles. The summed E-state index contributed by atoms with van der Waals surface area (Å²) in [6.45, 7) is 8.55. The van der Waals surface area contributed by atoms with Crippen molar-refractivity contribution in [2.75, 3.05) is 47.5 Å². The SMILES string of the molecule is CCCCC/C=C\C/C=C\C/C=C\CC1OC1CCCC(=O)OC[C@H](COP(=O)(O)OCC[N+](C)(C)C)OC(=O)CCCCCCCCc1oc(CCCCC)c(C)c1C. The van der Waals surface area contributed by atoms with Crippen molar-refractivity contribution < 1.29 is 51.2 Å². The second-order valence-corrected chi connectivity index (χ2v) is 18.9. The zero-order valence-corrected chi connectivity index (χ0v) is 39.5. The van der Waals surface area contributed by atoms with Crippen LogP contribution < -0.4 is 0 Å². The van der Waals surface area contributed by atoms with Gasteiger partial charge in [0.05, 0.1) is 40.0 Å². The summed E-state index contributed by atoms with van der Waals surface area (Å²) in [5, 5.41) is 0. The van der Waals surface area contributed by atoms with Crippen LogP contribution in [0.4, 0.5) is 0 Å². The molecule has 1 saturated heterocycles. The molecule has 2 heterocycles. The minimum atomic E-state index is -4.42. The Morgan fingerprint density at radius 2 is 1.30 bits per heavy atom. The van der Waals surface area contributed by atoms with Crippen molar-refractivity contribution in [3.05, 3.63) is 59.1 Å². The summed E-state index contributed by atoms with van der Waals surface area (Å²) in [6.07, 6.45) is 33.3. The zero-order valence-electron chi connectivity index (χ0n) is 38.6. The number of rotatable bonds is 37. The molecule has 3 unspecified atom stereocenters. The minimum Gasteiger partial charge on any atom is -0.466 e. The number of unbranched alkanes of at least 4 members (excludes halogenated alkanes) is 10. The van der Waals surface area contributed by atoms with Gasteiger partial charge in [-0.05, 0) is 89.2 Å². The molecule has 2 rings (SSSR count). The van der Waals surface area contributed by atoms with Gasteiger partial charge in [0.15, 0.2) is 6.10 Å². The molecule has 1 aromatic rings. The number of carbonyl (C=O) groups excluding carboxylic acids is 2. The molecule has 0 saturated carbocycles. The summed E-state index contributed by atoms with van der Waals surface area (Å²) in [7, 11) is 1.40. The van der Waals surface area contributed by atoms with Crippen LogP contribution in [0.2, 0.25) is 0 Å². The number of allylic oxidation sites excluding steroid dienone is 5. The van der Waals surface area contributed by atoms with E-state index in [-0.39, 0.29) is 38.3 Å². The number of quaternary nitrogens is 1. The molecule has 11 nitrogen and oxygen atoms in total. The van der Waals surface area contributed by atoms with Gasteiger partial charge in [-0.25, -0.2) is 4.57 Å². The van der Waals surface area contributed by atoms with E-state index < -0.39 is 32.5 Å². The number of nitrogens with zero attached hydrogens (tertiary/aromatic N) is 1. The van der Waals surface area contributed by atoms with Crippen LogP contribution in [-0.2, 0) is 50.3 Å². The topological polar surface area (TPSA) is 134 Å². The van der Waals surface area contributed by atoms with E-state index in [1.165, 1.54) is 56.1 Å². The molecular formula is C48H83NO10P+. The lowest BCUT2D eigenvalue weighted by Gasteiger charge is -2.24. The van der Waals surface area contributed by atoms with Crippen LogP contribution in [0.5, 0.6) is 0 Å². The first-order valence-electron chi connectivity index (χ1n) is 23.2. The molecule has 60 heavy (non-hydrogen) atoms. The Morgan fingerprint density at radius 1 is 0.717 bits per heavy atom. The number of carbonyl (C=O) groups is 2. The Kier molecular flexibility index (Phi) is 28.0. The van der Waals surface area contributed by atoms with Crippen LogP contribution in [0.1, 0.15) is 165 Å². The summed E-state index contributed by atoms with van der Waals surface area (Å²) < 4.78 is 46.4. The highest BCUT2D eigenvalue weighted by atomic mass is 31.2. The number of esters is 2. The largest absolute Gasteiger partial charge is 0.472 e. The number of hydrogen-bond donors (Lipinski definition) is 1. The normalized spacial score (nSPS) is 17.2. The molecule has 1 aliphatic heterocycles. The summed E-state index contributed by atoms with van der Waals surface area (Å²) in [5.74, 6) is 1.36. The Bertz CT molecular complexity index is 1460. The van der Waals surface area contributed by atoms with Gasteiger partial charge in [-0.3, -0.25) is 18.6 Å². The van der Waals surface area contributed by atoms with Crippen molar-refractivity contribution in [1.29, 1.82) is 0 Å². The number of phosphoric acid groups is 1. The fourth-order valence-corrected chi connectivity index (χ4v) is 7.49. The third kappa shape index (κ3) is 26.7. The van der Waals surface area contributed by atoms with Crippen molar-refractivity contribution in [2.45, 2.75) is 187 Å². The van der Waals surface area contributed by atoms with E-state index in [2.05, 4.69) is 64.2 Å². The lowest BCUT2D eigenvalue weighted by molar-refractivity contribution is -0.870. The van der Waals surface area contributed by atoms with Gasteiger partial charge < -0.3 is 28.0 Å². The highest BCUT2D eigenvalue weighted by Crippen LogP contribution is 2.43. The summed E-state index contributed by atoms with van der Waals surface area (Å²) in [4.78, 5) is 35.7. The molecule has 1 fully saturated rings. The standard InChI is InChI=1S/C48H82NO10P/c1-8-10-12-13-14-15-16-17-18-19-23-27-32-45-46(59-45)33-29-35-47(50)54-38-42(39-56-60(52,53)55-37-36-49(5,6)7)57-48(51)34-28-24-21-20-22-26-31-44-41(4)40(3)43(58-44)30-25-11-9-2/h14-15,17-18,23,27,42,45-46H,8-13,16,19-22,24-26,28-39H2,1-7H3/p+1/b15-14-,18-17-,27-23-/t42-,45?,46?/m1/s1. The quantitative estimate of drug-likeness (QED) is 0.0172. The van der Waals surface area contributed by atoms with Crippen molar-refractivity contribution in [3.8, 4) is 0 Å². The van der Waals surface area contributed by atoms with Crippen LogP contribution in [0.3, 0.4) is 0 Å². The first kappa shape index (κ1) is 53.6. The average Bonchev–Trinajstić information content (AvgIpc) is 3.89. The highest BCUT2D eigenvalue weighted by molar-refractivity contribution is 7.47. The second-order valence-electron chi connectivity index (χ2n) is 17.4. The number of phosphoric ester groups is 1. The molecule has 1 N–H and O–H groups in total. The average molecular weight is 865 g/mol. The van der Waals surface area contributed by atoms with Crippen molar-refractivity contribution in [2.24, 2.45) is 0 Å². The lowest BCUT2D eigenvalue weighted by Crippen LogP contribution is -2.37. The van der Waals surface area contributed by atoms with E-state index >= 15 is 0 Å². The first-order chi connectivity index (χ1) is 28.7. The van der Waals surface area contributed by atoms with Crippen LogP contribution in [-0.4, -0.2) is 87.1 Å². The van der Waals surface area contributed by atoms with Gasteiger partial charge in [0.1, 0.15) is 31.3 Å². The molecule has 0 amide bonds. The number of hydrogen-bond acceptors (Lipinski definition) is 9. The van der Waals surface area contributed by atoms with Crippen LogP contribution >= 0.6 is 7.82 Å². The Balaban J connectivity index is 1.68. The van der Waals surface area contributed by atoms with Gasteiger partial charge >= 0.3 is 19.8 Å². The predicted octanol–water partition coefficient (Wildman–Crippen LogP) is 11.6.